The average Bonchev–Trinajstić information content (AvgIpc) is 3.79. The second-order valence-electron chi connectivity index (χ2n) is 15.4. The minimum Gasteiger partial charge on any atom is -0.508 e. The molecule has 2 aliphatic rings. The molecule has 0 amide bonds. The standard InChI is InChI=1S/C39H49N7O9SSi2/c1-7-39(50)31-16-33-34-29(21-46(33)36(48)30(31)23-54-37(39)49)35(28-15-27(47)9-10-32(28)42-34)58(5,6)55-57(3,4)24-56-38-40-17-25(18-41-38)19-45-20-26(43-44-45)22-53-14-13-52-12-11-51-8-2/h9-10,15-18,20,47,50H,7-8,11-14,19,21-24H2,1-6H3/t39-/m0/s1. The van der Waals surface area contributed by atoms with Gasteiger partial charge in [0.05, 0.1) is 74.8 Å². The number of phenols is 1. The second-order valence-corrected chi connectivity index (χ2v) is 25.1. The molecule has 1 atom stereocenters. The summed E-state index contributed by atoms with van der Waals surface area (Å²) in [7, 11) is -5.24. The molecule has 2 N–H and O–H groups in total. The zero-order chi connectivity index (χ0) is 41.2. The summed E-state index contributed by atoms with van der Waals surface area (Å²) in [5.74, 6) is -0.667. The molecule has 7 rings (SSSR count). The van der Waals surface area contributed by atoms with Crippen molar-refractivity contribution in [1.29, 1.82) is 0 Å². The largest absolute Gasteiger partial charge is 0.508 e. The van der Waals surface area contributed by atoms with E-state index in [1.807, 2.05) is 13.1 Å². The number of esters is 1. The number of carbonyl (C=O) groups is 1. The minimum atomic E-state index is -2.82. The van der Waals surface area contributed by atoms with E-state index in [2.05, 4.69) is 46.5 Å². The highest BCUT2D eigenvalue weighted by Crippen LogP contribution is 2.39. The van der Waals surface area contributed by atoms with Crippen molar-refractivity contribution in [2.24, 2.45) is 0 Å². The predicted molar refractivity (Wildman–Crippen MR) is 221 cm³/mol. The van der Waals surface area contributed by atoms with Gasteiger partial charge < -0.3 is 37.8 Å². The fourth-order valence-electron chi connectivity index (χ4n) is 7.59. The molecule has 5 aromatic rings. The van der Waals surface area contributed by atoms with Crippen molar-refractivity contribution in [3.8, 4) is 17.1 Å². The van der Waals surface area contributed by atoms with E-state index < -0.39 is 28.2 Å². The van der Waals surface area contributed by atoms with Gasteiger partial charge in [-0.15, -0.1) is 5.10 Å². The SMILES string of the molecule is CCOCCOCCOCc1cn(Cc2cnc(SC[Si](C)(C)O[Si](C)(C)c3c4c(nc5ccc(O)cc35)-c3cc5c(c(=O)n3C4)COC(=O)[C@]5(O)CC)nc2)nn1. The number of pyridine rings is 2. The van der Waals surface area contributed by atoms with Crippen LogP contribution in [0.5, 0.6) is 5.75 Å². The van der Waals surface area contributed by atoms with Gasteiger partial charge in [0, 0.05) is 46.5 Å². The first-order chi connectivity index (χ1) is 27.7. The van der Waals surface area contributed by atoms with Crippen LogP contribution in [0, 0.1) is 0 Å². The van der Waals surface area contributed by atoms with Crippen LogP contribution in [0.15, 0.2) is 52.8 Å². The van der Waals surface area contributed by atoms with Crippen molar-refractivity contribution < 1.29 is 38.1 Å². The lowest BCUT2D eigenvalue weighted by molar-refractivity contribution is -0.172. The number of cyclic esters (lactones) is 1. The van der Waals surface area contributed by atoms with E-state index in [1.165, 1.54) is 0 Å². The molecule has 0 fully saturated rings. The summed E-state index contributed by atoms with van der Waals surface area (Å²) < 4.78 is 32.2. The molecule has 4 aromatic heterocycles. The number of aromatic hydroxyl groups is 1. The van der Waals surface area contributed by atoms with E-state index in [0.717, 1.165) is 27.4 Å². The van der Waals surface area contributed by atoms with Gasteiger partial charge in [0.25, 0.3) is 5.56 Å². The highest BCUT2D eigenvalue weighted by atomic mass is 32.2. The van der Waals surface area contributed by atoms with Gasteiger partial charge in [0.2, 0.25) is 8.32 Å². The monoisotopic (exact) mass is 847 g/mol. The van der Waals surface area contributed by atoms with Crippen molar-refractivity contribution in [3.63, 3.8) is 0 Å². The summed E-state index contributed by atoms with van der Waals surface area (Å²) in [6, 6.07) is 6.78. The number of benzene rings is 1. The molecule has 0 aliphatic carbocycles. The number of hydrogen-bond acceptors (Lipinski definition) is 15. The lowest BCUT2D eigenvalue weighted by Crippen LogP contribution is -2.55. The summed E-state index contributed by atoms with van der Waals surface area (Å²) >= 11 is 1.55. The van der Waals surface area contributed by atoms with E-state index in [1.54, 1.807) is 64.6 Å². The van der Waals surface area contributed by atoms with Crippen molar-refractivity contribution in [2.45, 2.75) is 83.5 Å². The Morgan fingerprint density at radius 1 is 0.983 bits per heavy atom. The number of carbonyl (C=O) groups excluding carboxylic acids is 1. The number of rotatable bonds is 18. The maximum absolute atomic E-state index is 14.0. The van der Waals surface area contributed by atoms with Crippen molar-refractivity contribution >= 4 is 50.5 Å². The number of aromatic nitrogens is 7. The molecular weight excluding hydrogens is 799 g/mol. The van der Waals surface area contributed by atoms with E-state index in [9.17, 15) is 19.8 Å². The lowest BCUT2D eigenvalue weighted by Gasteiger charge is -2.35. The van der Waals surface area contributed by atoms with E-state index in [4.69, 9.17) is 28.0 Å². The van der Waals surface area contributed by atoms with Gasteiger partial charge in [-0.1, -0.05) is 23.9 Å². The summed E-state index contributed by atoms with van der Waals surface area (Å²) in [6.45, 7) is 15.8. The molecule has 0 saturated carbocycles. The second kappa shape index (κ2) is 17.1. The van der Waals surface area contributed by atoms with E-state index in [0.29, 0.717) is 73.6 Å². The van der Waals surface area contributed by atoms with Crippen LogP contribution >= 0.6 is 11.8 Å². The Balaban J connectivity index is 1.04. The highest BCUT2D eigenvalue weighted by Gasteiger charge is 2.46. The van der Waals surface area contributed by atoms with E-state index in [-0.39, 0.29) is 42.0 Å². The number of ether oxygens (including phenoxy) is 4. The van der Waals surface area contributed by atoms with Crippen LogP contribution in [-0.2, 0) is 59.8 Å². The molecule has 308 valence electrons. The Labute approximate surface area is 342 Å². The first-order valence-electron chi connectivity index (χ1n) is 19.3. The van der Waals surface area contributed by atoms with Crippen molar-refractivity contribution in [1.82, 2.24) is 34.5 Å². The minimum absolute atomic E-state index is 0.0546. The van der Waals surface area contributed by atoms with Gasteiger partial charge in [0.15, 0.2) is 19.1 Å². The molecule has 19 heteroatoms. The van der Waals surface area contributed by atoms with Crippen LogP contribution < -0.4 is 10.7 Å². The molecule has 1 aromatic carbocycles. The Morgan fingerprint density at radius 3 is 2.47 bits per heavy atom. The zero-order valence-corrected chi connectivity index (χ0v) is 36.4. The first-order valence-corrected chi connectivity index (χ1v) is 26.3. The van der Waals surface area contributed by atoms with Crippen molar-refractivity contribution in [2.75, 3.05) is 38.4 Å². The van der Waals surface area contributed by atoms with Crippen LogP contribution in [0.1, 0.15) is 48.2 Å². The fraction of sp³-hybridized carbons (Fsp3) is 0.462. The van der Waals surface area contributed by atoms with Crippen molar-refractivity contribution in [3.05, 3.63) is 81.2 Å². The van der Waals surface area contributed by atoms with Gasteiger partial charge in [-0.2, -0.15) is 0 Å². The Kier molecular flexibility index (Phi) is 12.3. The molecule has 6 heterocycles. The Bertz CT molecular complexity index is 2370. The summed E-state index contributed by atoms with van der Waals surface area (Å²) in [5, 5.41) is 33.5. The zero-order valence-electron chi connectivity index (χ0n) is 33.6. The van der Waals surface area contributed by atoms with Crippen LogP contribution in [0.4, 0.5) is 0 Å². The molecule has 0 bridgehead atoms. The van der Waals surface area contributed by atoms with Gasteiger partial charge in [0.1, 0.15) is 18.1 Å². The molecule has 0 saturated heterocycles. The van der Waals surface area contributed by atoms with Crippen LogP contribution in [-0.4, -0.2) is 106 Å². The lowest BCUT2D eigenvalue weighted by atomic mass is 9.86. The summed E-state index contributed by atoms with van der Waals surface area (Å²) in [4.78, 5) is 41.0. The third kappa shape index (κ3) is 8.67. The number of phenolic OH excluding ortho intramolecular Hbond substituents is 1. The van der Waals surface area contributed by atoms with E-state index >= 15 is 0 Å². The predicted octanol–water partition coefficient (Wildman–Crippen LogP) is 3.75. The third-order valence-corrected chi connectivity index (χ3v) is 20.0. The third-order valence-electron chi connectivity index (χ3n) is 10.2. The average molecular weight is 848 g/mol. The summed E-state index contributed by atoms with van der Waals surface area (Å²) in [6.07, 6.45) is 5.48. The maximum atomic E-state index is 14.0. The van der Waals surface area contributed by atoms with Gasteiger partial charge in [-0.3, -0.25) is 4.79 Å². The number of thioether (sulfide) groups is 1. The molecule has 58 heavy (non-hydrogen) atoms. The smallest absolute Gasteiger partial charge is 0.343 e. The maximum Gasteiger partial charge on any atom is 0.343 e. The number of aliphatic hydroxyl groups is 1. The quantitative estimate of drug-likeness (QED) is 0.0417. The molecular formula is C39H49N7O9SSi2. The molecule has 16 nitrogen and oxygen atoms in total. The van der Waals surface area contributed by atoms with Crippen LogP contribution in [0.3, 0.4) is 0 Å². The summed E-state index contributed by atoms with van der Waals surface area (Å²) in [5.41, 5.74) is 2.47. The first kappa shape index (κ1) is 41.8. The molecule has 2 aliphatic heterocycles. The normalized spacial score (nSPS) is 16.4. The van der Waals surface area contributed by atoms with Gasteiger partial charge in [-0.05, 0) is 69.0 Å². The number of hydrogen-bond donors (Lipinski definition) is 2. The number of fused-ring (bicyclic) bond motifs is 5. The molecule has 0 unspecified atom stereocenters. The highest BCUT2D eigenvalue weighted by molar-refractivity contribution is 8.00. The molecule has 0 radical (unpaired) electrons. The van der Waals surface area contributed by atoms with Crippen LogP contribution in [0.25, 0.3) is 22.3 Å². The Hall–Kier alpha value is -4.35. The number of nitrogens with zero attached hydrogens (tertiary/aromatic N) is 7. The van der Waals surface area contributed by atoms with Gasteiger partial charge in [-0.25, -0.2) is 24.4 Å². The molecule has 0 spiro atoms. The van der Waals surface area contributed by atoms with Gasteiger partial charge >= 0.3 is 5.97 Å². The fourth-order valence-corrected chi connectivity index (χ4v) is 18.2. The topological polar surface area (TPSA) is 195 Å². The Morgan fingerprint density at radius 2 is 1.72 bits per heavy atom. The van der Waals surface area contributed by atoms with Crippen LogP contribution in [0.2, 0.25) is 26.2 Å².